The average molecular weight is 235 g/mol. The smallest absolute Gasteiger partial charge is 0.0666 e. The van der Waals surface area contributed by atoms with Crippen LogP contribution in [-0.4, -0.2) is 4.57 Å². The Labute approximate surface area is 101 Å². The van der Waals surface area contributed by atoms with Gasteiger partial charge in [-0.2, -0.15) is 0 Å². The molecule has 2 nitrogen and oxygen atoms in total. The van der Waals surface area contributed by atoms with E-state index in [0.29, 0.717) is 0 Å². The fourth-order valence-electron chi connectivity index (χ4n) is 1.65. The molecule has 0 bridgehead atoms. The summed E-state index contributed by atoms with van der Waals surface area (Å²) in [4.78, 5) is 0. The molecule has 1 heterocycles. The van der Waals surface area contributed by atoms with Gasteiger partial charge in [0, 0.05) is 18.9 Å². The highest BCUT2D eigenvalue weighted by molar-refractivity contribution is 6.33. The summed E-state index contributed by atoms with van der Waals surface area (Å²) in [5, 5.41) is 4.15. The molecule has 0 spiro atoms. The molecule has 1 aromatic heterocycles. The van der Waals surface area contributed by atoms with Crippen molar-refractivity contribution in [2.75, 3.05) is 5.32 Å². The summed E-state index contributed by atoms with van der Waals surface area (Å²) >= 11 is 6.20. The van der Waals surface area contributed by atoms with Crippen LogP contribution in [0.3, 0.4) is 0 Å². The lowest BCUT2D eigenvalue weighted by Crippen LogP contribution is -2.04. The van der Waals surface area contributed by atoms with Crippen LogP contribution in [-0.2, 0) is 13.6 Å². The highest BCUT2D eigenvalue weighted by Gasteiger charge is 2.03. The van der Waals surface area contributed by atoms with E-state index in [1.165, 1.54) is 5.69 Å². The van der Waals surface area contributed by atoms with Gasteiger partial charge in [0.05, 0.1) is 17.3 Å². The number of aromatic nitrogens is 1. The maximum atomic E-state index is 6.20. The number of aryl methyl sites for hydroxylation is 2. The van der Waals surface area contributed by atoms with Gasteiger partial charge in [-0.1, -0.05) is 23.7 Å². The van der Waals surface area contributed by atoms with Gasteiger partial charge >= 0.3 is 0 Å². The van der Waals surface area contributed by atoms with Crippen molar-refractivity contribution in [2.24, 2.45) is 7.05 Å². The van der Waals surface area contributed by atoms with E-state index in [1.807, 2.05) is 44.4 Å². The molecule has 84 valence electrons. The first-order chi connectivity index (χ1) is 7.68. The van der Waals surface area contributed by atoms with Gasteiger partial charge in [0.15, 0.2) is 0 Å². The van der Waals surface area contributed by atoms with E-state index in [0.717, 1.165) is 22.8 Å². The summed E-state index contributed by atoms with van der Waals surface area (Å²) in [7, 11) is 2.04. The fourth-order valence-corrected chi connectivity index (χ4v) is 1.84. The van der Waals surface area contributed by atoms with Crippen LogP contribution >= 0.6 is 11.6 Å². The van der Waals surface area contributed by atoms with E-state index in [1.54, 1.807) is 0 Å². The third-order valence-corrected chi connectivity index (χ3v) is 3.20. The number of hydrogen-bond acceptors (Lipinski definition) is 1. The fraction of sp³-hybridized carbons (Fsp3) is 0.231. The molecule has 16 heavy (non-hydrogen) atoms. The zero-order valence-corrected chi connectivity index (χ0v) is 10.3. The van der Waals surface area contributed by atoms with Crippen LogP contribution in [0.1, 0.15) is 11.3 Å². The predicted octanol–water partition coefficient (Wildman–Crippen LogP) is 3.60. The lowest BCUT2D eigenvalue weighted by atomic mass is 10.2. The maximum absolute atomic E-state index is 6.20. The molecule has 0 aliphatic rings. The number of nitrogens with one attached hydrogen (secondary N) is 1. The number of hydrogen-bond donors (Lipinski definition) is 1. The van der Waals surface area contributed by atoms with Crippen molar-refractivity contribution in [3.63, 3.8) is 0 Å². The molecule has 0 saturated carbocycles. The average Bonchev–Trinajstić information content (AvgIpc) is 2.67. The zero-order chi connectivity index (χ0) is 11.5. The third kappa shape index (κ3) is 2.22. The van der Waals surface area contributed by atoms with E-state index in [4.69, 9.17) is 11.6 Å². The van der Waals surface area contributed by atoms with Gasteiger partial charge < -0.3 is 9.88 Å². The number of benzene rings is 1. The second-order valence-electron chi connectivity index (χ2n) is 3.90. The Hall–Kier alpha value is -1.41. The SMILES string of the molecule is Cc1cccc(NCc2cccn2C)c1Cl. The van der Waals surface area contributed by atoms with Crippen molar-refractivity contribution >= 4 is 17.3 Å². The first kappa shape index (κ1) is 11.1. The summed E-state index contributed by atoms with van der Waals surface area (Å²) in [6, 6.07) is 10.1. The molecule has 3 heteroatoms. The number of halogens is 1. The first-order valence-corrected chi connectivity index (χ1v) is 5.65. The van der Waals surface area contributed by atoms with E-state index in [-0.39, 0.29) is 0 Å². The van der Waals surface area contributed by atoms with Crippen molar-refractivity contribution in [1.82, 2.24) is 4.57 Å². The summed E-state index contributed by atoms with van der Waals surface area (Å²) in [6.45, 7) is 2.79. The highest BCUT2D eigenvalue weighted by Crippen LogP contribution is 2.25. The van der Waals surface area contributed by atoms with E-state index in [9.17, 15) is 0 Å². The molecule has 0 amide bonds. The number of nitrogens with zero attached hydrogens (tertiary/aromatic N) is 1. The molecule has 0 aliphatic carbocycles. The maximum Gasteiger partial charge on any atom is 0.0666 e. The van der Waals surface area contributed by atoms with Crippen LogP contribution in [0, 0.1) is 6.92 Å². The molecule has 2 rings (SSSR count). The molecule has 0 radical (unpaired) electrons. The largest absolute Gasteiger partial charge is 0.378 e. The molecule has 0 saturated heterocycles. The van der Waals surface area contributed by atoms with Crippen LogP contribution in [0.2, 0.25) is 5.02 Å². The summed E-state index contributed by atoms with van der Waals surface area (Å²) in [5.74, 6) is 0. The Bertz CT molecular complexity index is 488. The molecular formula is C13H15ClN2. The van der Waals surface area contributed by atoms with Crippen molar-refractivity contribution in [2.45, 2.75) is 13.5 Å². The van der Waals surface area contributed by atoms with E-state index >= 15 is 0 Å². The van der Waals surface area contributed by atoms with Crippen LogP contribution in [0.15, 0.2) is 36.5 Å². The summed E-state index contributed by atoms with van der Waals surface area (Å²) < 4.78 is 2.09. The van der Waals surface area contributed by atoms with Gasteiger partial charge in [0.1, 0.15) is 0 Å². The van der Waals surface area contributed by atoms with Crippen LogP contribution in [0.5, 0.6) is 0 Å². The van der Waals surface area contributed by atoms with Crippen LogP contribution in [0.4, 0.5) is 5.69 Å². The minimum absolute atomic E-state index is 0.784. The Balaban J connectivity index is 2.11. The first-order valence-electron chi connectivity index (χ1n) is 5.27. The molecule has 0 atom stereocenters. The van der Waals surface area contributed by atoms with Crippen LogP contribution < -0.4 is 5.32 Å². The van der Waals surface area contributed by atoms with Gasteiger partial charge in [-0.15, -0.1) is 0 Å². The molecule has 0 fully saturated rings. The zero-order valence-electron chi connectivity index (χ0n) is 9.50. The quantitative estimate of drug-likeness (QED) is 0.859. The van der Waals surface area contributed by atoms with Gasteiger partial charge in [-0.05, 0) is 30.7 Å². The van der Waals surface area contributed by atoms with Crippen molar-refractivity contribution in [1.29, 1.82) is 0 Å². The Morgan fingerprint density at radius 2 is 2.06 bits per heavy atom. The monoisotopic (exact) mass is 234 g/mol. The summed E-state index contributed by atoms with van der Waals surface area (Å²) in [5.41, 5.74) is 3.32. The van der Waals surface area contributed by atoms with E-state index < -0.39 is 0 Å². The minimum Gasteiger partial charge on any atom is -0.378 e. The number of anilines is 1. The van der Waals surface area contributed by atoms with Crippen molar-refractivity contribution in [3.8, 4) is 0 Å². The summed E-state index contributed by atoms with van der Waals surface area (Å²) in [6.07, 6.45) is 2.04. The predicted molar refractivity (Wildman–Crippen MR) is 68.9 cm³/mol. The van der Waals surface area contributed by atoms with Crippen LogP contribution in [0.25, 0.3) is 0 Å². The van der Waals surface area contributed by atoms with Gasteiger partial charge in [-0.3, -0.25) is 0 Å². The standard InChI is InChI=1S/C13H15ClN2/c1-10-5-3-7-12(13(10)14)15-9-11-6-4-8-16(11)2/h3-8,15H,9H2,1-2H3. The lowest BCUT2D eigenvalue weighted by Gasteiger charge is -2.10. The topological polar surface area (TPSA) is 17.0 Å². The highest BCUT2D eigenvalue weighted by atomic mass is 35.5. The van der Waals surface area contributed by atoms with Gasteiger partial charge in [0.25, 0.3) is 0 Å². The molecule has 2 aromatic rings. The van der Waals surface area contributed by atoms with Gasteiger partial charge in [0.2, 0.25) is 0 Å². The minimum atomic E-state index is 0.784. The molecule has 0 aliphatic heterocycles. The van der Waals surface area contributed by atoms with E-state index in [2.05, 4.69) is 16.0 Å². The Kier molecular flexibility index (Phi) is 3.20. The lowest BCUT2D eigenvalue weighted by molar-refractivity contribution is 0.842. The second-order valence-corrected chi connectivity index (χ2v) is 4.28. The Morgan fingerprint density at radius 3 is 2.75 bits per heavy atom. The molecular weight excluding hydrogens is 220 g/mol. The second kappa shape index (κ2) is 4.62. The molecule has 0 unspecified atom stereocenters. The Morgan fingerprint density at radius 1 is 1.25 bits per heavy atom. The number of rotatable bonds is 3. The van der Waals surface area contributed by atoms with Crippen molar-refractivity contribution < 1.29 is 0 Å². The third-order valence-electron chi connectivity index (χ3n) is 2.70. The normalized spacial score (nSPS) is 10.4. The van der Waals surface area contributed by atoms with Crippen molar-refractivity contribution in [3.05, 3.63) is 52.8 Å². The van der Waals surface area contributed by atoms with Gasteiger partial charge in [-0.25, -0.2) is 0 Å². The molecule has 1 aromatic carbocycles. The molecule has 1 N–H and O–H groups in total.